The molecule has 2 aromatic rings. The number of H-pyrrole nitrogens is 1. The monoisotopic (exact) mass is 249 g/mol. The van der Waals surface area contributed by atoms with Crippen molar-refractivity contribution >= 4 is 11.8 Å². The zero-order valence-corrected chi connectivity index (χ0v) is 10.7. The van der Waals surface area contributed by atoms with Crippen molar-refractivity contribution < 1.29 is 4.74 Å². The Morgan fingerprint density at radius 1 is 1.35 bits per heavy atom. The van der Waals surface area contributed by atoms with Crippen LogP contribution in [0, 0.1) is 0 Å². The van der Waals surface area contributed by atoms with Crippen LogP contribution in [0.15, 0.2) is 30.6 Å². The summed E-state index contributed by atoms with van der Waals surface area (Å²) in [6, 6.07) is 8.06. The third kappa shape index (κ3) is 2.79. The molecule has 0 aliphatic rings. The van der Waals surface area contributed by atoms with Gasteiger partial charge in [-0.05, 0) is 23.4 Å². The summed E-state index contributed by atoms with van der Waals surface area (Å²) in [5, 5.41) is 7.05. The molecule has 0 aliphatic carbocycles. The molecule has 0 radical (unpaired) electrons. The van der Waals surface area contributed by atoms with Crippen molar-refractivity contribution in [1.82, 2.24) is 15.2 Å². The van der Waals surface area contributed by atoms with E-state index in [1.165, 1.54) is 5.56 Å². The first kappa shape index (κ1) is 12.0. The van der Waals surface area contributed by atoms with Crippen molar-refractivity contribution in [3.05, 3.63) is 42.0 Å². The van der Waals surface area contributed by atoms with Crippen LogP contribution in [0.3, 0.4) is 0 Å². The Labute approximate surface area is 105 Å². The summed E-state index contributed by atoms with van der Waals surface area (Å²) in [6.45, 7) is 2.14. The van der Waals surface area contributed by atoms with E-state index >= 15 is 0 Å². The van der Waals surface area contributed by atoms with E-state index in [1.807, 2.05) is 23.9 Å². The first-order valence-corrected chi connectivity index (χ1v) is 6.50. The van der Waals surface area contributed by atoms with E-state index in [-0.39, 0.29) is 5.25 Å². The standard InChI is InChI=1S/C12H15N3OS/c1-3-17-11(12-13-8-14-15-12)9-4-6-10(16-2)7-5-9/h4-8,11H,3H2,1-2H3,(H,13,14,15). The molecule has 0 bridgehead atoms. The van der Waals surface area contributed by atoms with E-state index in [9.17, 15) is 0 Å². The maximum absolute atomic E-state index is 5.16. The van der Waals surface area contributed by atoms with Crippen molar-refractivity contribution in [2.75, 3.05) is 12.9 Å². The largest absolute Gasteiger partial charge is 0.497 e. The van der Waals surface area contributed by atoms with Gasteiger partial charge in [-0.15, -0.1) is 11.8 Å². The Morgan fingerprint density at radius 3 is 2.65 bits per heavy atom. The van der Waals surface area contributed by atoms with Crippen molar-refractivity contribution in [3.8, 4) is 5.75 Å². The van der Waals surface area contributed by atoms with Crippen LogP contribution in [0.5, 0.6) is 5.75 Å². The summed E-state index contributed by atoms with van der Waals surface area (Å²) in [7, 11) is 1.67. The maximum atomic E-state index is 5.16. The number of rotatable bonds is 5. The normalized spacial score (nSPS) is 12.4. The highest BCUT2D eigenvalue weighted by molar-refractivity contribution is 7.99. The number of aromatic amines is 1. The molecule has 0 saturated heterocycles. The Bertz CT molecular complexity index is 441. The molecule has 0 fully saturated rings. The molecule has 1 aromatic carbocycles. The van der Waals surface area contributed by atoms with Gasteiger partial charge in [-0.2, -0.15) is 5.10 Å². The average Bonchev–Trinajstić information content (AvgIpc) is 2.90. The van der Waals surface area contributed by atoms with Gasteiger partial charge >= 0.3 is 0 Å². The van der Waals surface area contributed by atoms with E-state index in [0.29, 0.717) is 0 Å². The molecule has 1 N–H and O–H groups in total. The fourth-order valence-electron chi connectivity index (χ4n) is 1.62. The number of thioether (sulfide) groups is 1. The number of nitrogens with zero attached hydrogens (tertiary/aromatic N) is 2. The second kappa shape index (κ2) is 5.72. The van der Waals surface area contributed by atoms with Crippen LogP contribution in [-0.4, -0.2) is 28.0 Å². The van der Waals surface area contributed by atoms with Crippen LogP contribution < -0.4 is 4.74 Å². The van der Waals surface area contributed by atoms with Crippen LogP contribution in [0.4, 0.5) is 0 Å². The number of hydrogen-bond donors (Lipinski definition) is 1. The molecule has 2 rings (SSSR count). The van der Waals surface area contributed by atoms with Gasteiger partial charge in [0.1, 0.15) is 17.9 Å². The van der Waals surface area contributed by atoms with Crippen LogP contribution in [0.2, 0.25) is 0 Å². The van der Waals surface area contributed by atoms with Crippen LogP contribution in [-0.2, 0) is 0 Å². The molecule has 0 spiro atoms. The first-order chi connectivity index (χ1) is 8.35. The lowest BCUT2D eigenvalue weighted by atomic mass is 10.1. The van der Waals surface area contributed by atoms with Gasteiger partial charge in [-0.25, -0.2) is 4.98 Å². The van der Waals surface area contributed by atoms with Gasteiger partial charge < -0.3 is 4.74 Å². The molecular formula is C12H15N3OS. The number of aromatic nitrogens is 3. The van der Waals surface area contributed by atoms with E-state index in [1.54, 1.807) is 13.4 Å². The molecular weight excluding hydrogens is 234 g/mol. The van der Waals surface area contributed by atoms with Gasteiger partial charge in [0.25, 0.3) is 0 Å². The third-order valence-corrected chi connectivity index (χ3v) is 3.60. The SMILES string of the molecule is CCSC(c1ccc(OC)cc1)c1ncn[nH]1. The quantitative estimate of drug-likeness (QED) is 0.885. The average molecular weight is 249 g/mol. The summed E-state index contributed by atoms with van der Waals surface area (Å²) in [5.41, 5.74) is 1.20. The minimum absolute atomic E-state index is 0.202. The van der Waals surface area contributed by atoms with Gasteiger partial charge in [0.05, 0.1) is 12.4 Å². The Balaban J connectivity index is 2.26. The van der Waals surface area contributed by atoms with Crippen molar-refractivity contribution in [2.24, 2.45) is 0 Å². The molecule has 90 valence electrons. The summed E-state index contributed by atoms with van der Waals surface area (Å²) in [4.78, 5) is 4.24. The zero-order chi connectivity index (χ0) is 12.1. The molecule has 1 aromatic heterocycles. The fourth-order valence-corrected chi connectivity index (χ4v) is 2.57. The van der Waals surface area contributed by atoms with E-state index in [0.717, 1.165) is 17.3 Å². The lowest BCUT2D eigenvalue weighted by Crippen LogP contribution is -2.00. The lowest BCUT2D eigenvalue weighted by Gasteiger charge is -2.13. The molecule has 0 aliphatic heterocycles. The van der Waals surface area contributed by atoms with E-state index in [4.69, 9.17) is 4.74 Å². The van der Waals surface area contributed by atoms with Gasteiger partial charge in [0.2, 0.25) is 0 Å². The van der Waals surface area contributed by atoms with E-state index < -0.39 is 0 Å². The maximum Gasteiger partial charge on any atom is 0.141 e. The summed E-state index contributed by atoms with van der Waals surface area (Å²) < 4.78 is 5.16. The smallest absolute Gasteiger partial charge is 0.141 e. The van der Waals surface area contributed by atoms with Crippen molar-refractivity contribution in [1.29, 1.82) is 0 Å². The third-order valence-electron chi connectivity index (χ3n) is 2.43. The highest BCUT2D eigenvalue weighted by atomic mass is 32.2. The molecule has 1 heterocycles. The number of benzene rings is 1. The van der Waals surface area contributed by atoms with Gasteiger partial charge in [0.15, 0.2) is 0 Å². The van der Waals surface area contributed by atoms with Gasteiger partial charge in [-0.3, -0.25) is 5.10 Å². The van der Waals surface area contributed by atoms with Crippen LogP contribution in [0.25, 0.3) is 0 Å². The highest BCUT2D eigenvalue weighted by Crippen LogP contribution is 2.33. The molecule has 17 heavy (non-hydrogen) atoms. The molecule has 4 nitrogen and oxygen atoms in total. The Hall–Kier alpha value is -1.49. The first-order valence-electron chi connectivity index (χ1n) is 5.46. The molecule has 0 amide bonds. The van der Waals surface area contributed by atoms with Crippen molar-refractivity contribution in [3.63, 3.8) is 0 Å². The summed E-state index contributed by atoms with van der Waals surface area (Å²) >= 11 is 1.83. The van der Waals surface area contributed by atoms with Crippen LogP contribution in [0.1, 0.15) is 23.6 Å². The Kier molecular flexibility index (Phi) is 4.03. The second-order valence-electron chi connectivity index (χ2n) is 3.48. The van der Waals surface area contributed by atoms with Crippen molar-refractivity contribution in [2.45, 2.75) is 12.2 Å². The minimum Gasteiger partial charge on any atom is -0.497 e. The Morgan fingerprint density at radius 2 is 2.12 bits per heavy atom. The number of methoxy groups -OCH3 is 1. The topological polar surface area (TPSA) is 50.8 Å². The van der Waals surface area contributed by atoms with E-state index in [2.05, 4.69) is 34.2 Å². The summed E-state index contributed by atoms with van der Waals surface area (Å²) in [5.74, 6) is 2.78. The highest BCUT2D eigenvalue weighted by Gasteiger charge is 2.16. The molecule has 5 heteroatoms. The lowest BCUT2D eigenvalue weighted by molar-refractivity contribution is 0.414. The zero-order valence-electron chi connectivity index (χ0n) is 9.88. The predicted octanol–water partition coefficient (Wildman–Crippen LogP) is 2.66. The molecule has 0 saturated carbocycles. The second-order valence-corrected chi connectivity index (χ2v) is 4.86. The molecule has 1 atom stereocenters. The predicted molar refractivity (Wildman–Crippen MR) is 69.4 cm³/mol. The number of hydrogen-bond acceptors (Lipinski definition) is 4. The number of nitrogens with one attached hydrogen (secondary N) is 1. The summed E-state index contributed by atoms with van der Waals surface area (Å²) in [6.07, 6.45) is 1.54. The molecule has 1 unspecified atom stereocenters. The van der Waals surface area contributed by atoms with Crippen LogP contribution >= 0.6 is 11.8 Å². The fraction of sp³-hybridized carbons (Fsp3) is 0.333. The van der Waals surface area contributed by atoms with Gasteiger partial charge in [0, 0.05) is 0 Å². The van der Waals surface area contributed by atoms with Gasteiger partial charge in [-0.1, -0.05) is 19.1 Å². The minimum atomic E-state index is 0.202. The number of ether oxygens (including phenoxy) is 1.